The van der Waals surface area contributed by atoms with Gasteiger partial charge in [0.25, 0.3) is 0 Å². The van der Waals surface area contributed by atoms with Gasteiger partial charge in [-0.15, -0.1) is 0 Å². The second-order valence-electron chi connectivity index (χ2n) is 14.1. The third-order valence-corrected chi connectivity index (χ3v) is 12.2. The van der Waals surface area contributed by atoms with Gasteiger partial charge in [-0.2, -0.15) is 0 Å². The van der Waals surface area contributed by atoms with Crippen molar-refractivity contribution >= 4 is 64.1 Å². The van der Waals surface area contributed by atoms with E-state index in [2.05, 4.69) is 13.8 Å². The Morgan fingerprint density at radius 3 is 0.939 bits per heavy atom. The first-order valence-electron chi connectivity index (χ1n) is 19.1. The summed E-state index contributed by atoms with van der Waals surface area (Å²) in [6.45, 7) is 8.50. The standard InChI is InChI=1S/2C20H35O3P.Ba/c2*1-3-4-5-6-7-8-9-10-11-12-20(24(21,22)23)17-19-15-13-18(2)14-16-19;/h2*13-16,20H,3-12,17H2,1-2H3,(H2,21,22,23);. The van der Waals surface area contributed by atoms with E-state index in [1.807, 2.05) is 62.4 Å². The van der Waals surface area contributed by atoms with Crippen molar-refractivity contribution in [1.82, 2.24) is 0 Å². The van der Waals surface area contributed by atoms with Crippen LogP contribution in [0.25, 0.3) is 0 Å². The molecule has 6 nitrogen and oxygen atoms in total. The SMILES string of the molecule is CCCCCCCCCCCC(Cc1ccc(C)cc1)P(=O)(O)O.CCCCCCCCCCCC(Cc1ccc(C)cc1)P(=O)(O)O.[Ba]. The van der Waals surface area contributed by atoms with E-state index < -0.39 is 26.5 Å². The third kappa shape index (κ3) is 26.7. The first kappa shape index (κ1) is 49.3. The molecular formula is C40H70BaO6P2. The number of aryl methyl sites for hydroxylation is 2. The van der Waals surface area contributed by atoms with Crippen molar-refractivity contribution in [3.8, 4) is 0 Å². The molecule has 0 heterocycles. The monoisotopic (exact) mass is 846 g/mol. The molecule has 0 amide bonds. The molecule has 2 radical (unpaired) electrons. The topological polar surface area (TPSA) is 115 Å². The number of benzene rings is 2. The van der Waals surface area contributed by atoms with Gasteiger partial charge in [-0.3, -0.25) is 9.13 Å². The van der Waals surface area contributed by atoms with Crippen molar-refractivity contribution in [2.45, 2.75) is 180 Å². The van der Waals surface area contributed by atoms with Crippen molar-refractivity contribution in [3.63, 3.8) is 0 Å². The Labute approximate surface area is 340 Å². The van der Waals surface area contributed by atoms with E-state index in [0.717, 1.165) is 36.8 Å². The maximum absolute atomic E-state index is 11.8. The smallest absolute Gasteiger partial charge is 0.324 e. The fraction of sp³-hybridized carbons (Fsp3) is 0.700. The summed E-state index contributed by atoms with van der Waals surface area (Å²) in [4.78, 5) is 38.5. The van der Waals surface area contributed by atoms with Gasteiger partial charge in [0.1, 0.15) is 0 Å². The van der Waals surface area contributed by atoms with Gasteiger partial charge in [0.2, 0.25) is 0 Å². The minimum atomic E-state index is -4.03. The van der Waals surface area contributed by atoms with Gasteiger partial charge in [-0.25, -0.2) is 0 Å². The van der Waals surface area contributed by atoms with E-state index in [9.17, 15) is 28.7 Å². The van der Waals surface area contributed by atoms with Crippen LogP contribution in [0.4, 0.5) is 0 Å². The summed E-state index contributed by atoms with van der Waals surface area (Å²) < 4.78 is 23.5. The zero-order valence-electron chi connectivity index (χ0n) is 31.5. The van der Waals surface area contributed by atoms with Crippen LogP contribution in [0.3, 0.4) is 0 Å². The molecule has 278 valence electrons. The molecular weight excluding hydrogens is 776 g/mol. The van der Waals surface area contributed by atoms with E-state index in [-0.39, 0.29) is 48.9 Å². The first-order valence-corrected chi connectivity index (χ1v) is 22.4. The van der Waals surface area contributed by atoms with Crippen LogP contribution in [0, 0.1) is 13.8 Å². The van der Waals surface area contributed by atoms with Crippen LogP contribution in [0.15, 0.2) is 48.5 Å². The summed E-state index contributed by atoms with van der Waals surface area (Å²) in [5.74, 6) is 0. The zero-order valence-corrected chi connectivity index (χ0v) is 37.8. The van der Waals surface area contributed by atoms with Gasteiger partial charge in [-0.1, -0.05) is 189 Å². The van der Waals surface area contributed by atoms with Crippen LogP contribution >= 0.6 is 15.2 Å². The maximum Gasteiger partial charge on any atom is 0.328 e. The van der Waals surface area contributed by atoms with Gasteiger partial charge in [-0.05, 0) is 50.7 Å². The molecule has 0 spiro atoms. The zero-order chi connectivity index (χ0) is 35.7. The van der Waals surface area contributed by atoms with Gasteiger partial charge in [0.05, 0.1) is 11.3 Å². The number of rotatable bonds is 26. The first-order chi connectivity index (χ1) is 22.9. The Balaban J connectivity index is 0.000000922. The second kappa shape index (κ2) is 29.7. The third-order valence-electron chi connectivity index (χ3n) is 9.42. The molecule has 9 heteroatoms. The van der Waals surface area contributed by atoms with E-state index in [1.54, 1.807) is 0 Å². The predicted octanol–water partition coefficient (Wildman–Crippen LogP) is 11.6. The molecule has 0 aliphatic rings. The Kier molecular flexibility index (Phi) is 29.9. The van der Waals surface area contributed by atoms with Gasteiger partial charge >= 0.3 is 15.2 Å². The molecule has 0 aliphatic carbocycles. The largest absolute Gasteiger partial charge is 0.328 e. The molecule has 0 fully saturated rings. The average molecular weight is 846 g/mol. The van der Waals surface area contributed by atoms with Crippen LogP contribution in [0.2, 0.25) is 0 Å². The fourth-order valence-electron chi connectivity index (χ4n) is 6.15. The Morgan fingerprint density at radius 2 is 0.694 bits per heavy atom. The molecule has 2 atom stereocenters. The molecule has 0 saturated heterocycles. The quantitative estimate of drug-likeness (QED) is 0.0426. The molecule has 0 aliphatic heterocycles. The number of unbranched alkanes of at least 4 members (excludes halogenated alkanes) is 16. The average Bonchev–Trinajstić information content (AvgIpc) is 3.03. The van der Waals surface area contributed by atoms with Crippen LogP contribution < -0.4 is 0 Å². The maximum atomic E-state index is 11.8. The van der Waals surface area contributed by atoms with Crippen LogP contribution in [-0.2, 0) is 22.0 Å². The summed E-state index contributed by atoms with van der Waals surface area (Å²) in [5.41, 5.74) is 3.31. The van der Waals surface area contributed by atoms with Crippen molar-refractivity contribution in [1.29, 1.82) is 0 Å². The molecule has 0 saturated carbocycles. The summed E-state index contributed by atoms with van der Waals surface area (Å²) in [6, 6.07) is 15.9. The minimum Gasteiger partial charge on any atom is -0.324 e. The fourth-order valence-corrected chi connectivity index (χ4v) is 8.09. The molecule has 4 N–H and O–H groups in total. The van der Waals surface area contributed by atoms with Crippen LogP contribution in [0.1, 0.15) is 165 Å². The van der Waals surface area contributed by atoms with Crippen molar-refractivity contribution in [2.75, 3.05) is 0 Å². The summed E-state index contributed by atoms with van der Waals surface area (Å²) in [6.07, 6.45) is 24.2. The normalized spacial score (nSPS) is 12.9. The molecule has 2 rings (SSSR count). The summed E-state index contributed by atoms with van der Waals surface area (Å²) >= 11 is 0. The van der Waals surface area contributed by atoms with E-state index >= 15 is 0 Å². The van der Waals surface area contributed by atoms with Gasteiger partial charge < -0.3 is 19.6 Å². The Bertz CT molecular complexity index is 1050. The second-order valence-corrected chi connectivity index (χ2v) is 17.9. The van der Waals surface area contributed by atoms with E-state index in [1.165, 1.54) is 101 Å². The summed E-state index contributed by atoms with van der Waals surface area (Å²) in [7, 11) is -8.05. The van der Waals surface area contributed by atoms with E-state index in [0.29, 0.717) is 25.7 Å². The Hall–Kier alpha value is 0.311. The minimum absolute atomic E-state index is 0. The molecule has 2 aromatic carbocycles. The van der Waals surface area contributed by atoms with Gasteiger partial charge in [0, 0.05) is 48.9 Å². The molecule has 2 aromatic rings. The molecule has 49 heavy (non-hydrogen) atoms. The van der Waals surface area contributed by atoms with Crippen LogP contribution in [0.5, 0.6) is 0 Å². The van der Waals surface area contributed by atoms with E-state index in [4.69, 9.17) is 0 Å². The van der Waals surface area contributed by atoms with Crippen molar-refractivity contribution < 1.29 is 28.7 Å². The molecule has 0 aromatic heterocycles. The number of hydrogen-bond donors (Lipinski definition) is 4. The number of hydrogen-bond acceptors (Lipinski definition) is 2. The molecule has 2 unspecified atom stereocenters. The van der Waals surface area contributed by atoms with Crippen LogP contribution in [-0.4, -0.2) is 79.8 Å². The summed E-state index contributed by atoms with van der Waals surface area (Å²) in [5, 5.41) is 0. The Morgan fingerprint density at radius 1 is 0.449 bits per heavy atom. The predicted molar refractivity (Wildman–Crippen MR) is 211 cm³/mol. The van der Waals surface area contributed by atoms with Crippen molar-refractivity contribution in [3.05, 3.63) is 70.8 Å². The van der Waals surface area contributed by atoms with Gasteiger partial charge in [0.15, 0.2) is 0 Å². The molecule has 0 bridgehead atoms. The van der Waals surface area contributed by atoms with Crippen molar-refractivity contribution in [2.24, 2.45) is 0 Å².